The molecule has 0 bridgehead atoms. The van der Waals surface area contributed by atoms with E-state index in [9.17, 15) is 27.2 Å². The van der Waals surface area contributed by atoms with Gasteiger partial charge in [0, 0.05) is 5.54 Å². The lowest BCUT2D eigenvalue weighted by molar-refractivity contribution is -0.153. The molecule has 150 valence electrons. The number of nitrogens with one attached hydrogen (secondary N) is 3. The Morgan fingerprint density at radius 1 is 1.15 bits per heavy atom. The molecule has 0 fully saturated rings. The standard InChI is InChI=1S/C16H22FN3O6S/c1-10(14(22)19-15(23)20-16(2,3)4)26-13(21)9-18-27(24,25)12-7-5-11(17)6-8-12/h5-8,10,18H,9H2,1-4H3,(H2,19,20,22,23)/t10-/m0/s1. The van der Waals surface area contributed by atoms with Gasteiger partial charge in [-0.15, -0.1) is 0 Å². The van der Waals surface area contributed by atoms with Gasteiger partial charge in [0.1, 0.15) is 12.4 Å². The maximum Gasteiger partial charge on any atom is 0.321 e. The Balaban J connectivity index is 2.52. The summed E-state index contributed by atoms with van der Waals surface area (Å²) < 4.78 is 43.5. The molecular formula is C16H22FN3O6S. The second kappa shape index (κ2) is 8.91. The smallest absolute Gasteiger partial charge is 0.321 e. The summed E-state index contributed by atoms with van der Waals surface area (Å²) in [7, 11) is -4.05. The fourth-order valence-electron chi connectivity index (χ4n) is 1.73. The van der Waals surface area contributed by atoms with E-state index < -0.39 is 51.9 Å². The van der Waals surface area contributed by atoms with E-state index >= 15 is 0 Å². The molecule has 3 amide bonds. The Labute approximate surface area is 156 Å². The van der Waals surface area contributed by atoms with Crippen molar-refractivity contribution in [2.75, 3.05) is 6.54 Å². The average molecular weight is 403 g/mol. The molecule has 11 heteroatoms. The minimum Gasteiger partial charge on any atom is -0.452 e. The molecule has 0 heterocycles. The number of sulfonamides is 1. The number of hydrogen-bond acceptors (Lipinski definition) is 6. The van der Waals surface area contributed by atoms with Gasteiger partial charge in [-0.3, -0.25) is 14.9 Å². The molecule has 1 aromatic carbocycles. The minimum atomic E-state index is -4.05. The van der Waals surface area contributed by atoms with Crippen LogP contribution in [0.3, 0.4) is 0 Å². The molecule has 1 atom stereocenters. The summed E-state index contributed by atoms with van der Waals surface area (Å²) in [6.07, 6.45) is -1.32. The van der Waals surface area contributed by atoms with E-state index in [4.69, 9.17) is 4.74 Å². The quantitative estimate of drug-likeness (QED) is 0.598. The zero-order chi connectivity index (χ0) is 20.8. The summed E-state index contributed by atoms with van der Waals surface area (Å²) in [5, 5.41) is 4.50. The van der Waals surface area contributed by atoms with E-state index in [1.807, 2.05) is 10.0 Å². The third-order valence-corrected chi connectivity index (χ3v) is 4.35. The Morgan fingerprint density at radius 2 is 1.70 bits per heavy atom. The van der Waals surface area contributed by atoms with Crippen LogP contribution in [0.2, 0.25) is 0 Å². The normalized spacial score (nSPS) is 12.8. The first kappa shape index (κ1) is 22.5. The molecule has 0 aromatic heterocycles. The van der Waals surface area contributed by atoms with Crippen LogP contribution in [0, 0.1) is 5.82 Å². The second-order valence-corrected chi connectivity index (χ2v) is 8.37. The van der Waals surface area contributed by atoms with Crippen LogP contribution < -0.4 is 15.4 Å². The predicted molar refractivity (Wildman–Crippen MR) is 93.6 cm³/mol. The summed E-state index contributed by atoms with van der Waals surface area (Å²) in [4.78, 5) is 34.9. The number of esters is 1. The van der Waals surface area contributed by atoms with Crippen LogP contribution in [0.1, 0.15) is 27.7 Å². The summed E-state index contributed by atoms with van der Waals surface area (Å²) in [6, 6.07) is 3.23. The molecular weight excluding hydrogens is 381 g/mol. The number of imide groups is 1. The molecule has 1 aromatic rings. The van der Waals surface area contributed by atoms with Gasteiger partial charge in [-0.25, -0.2) is 17.6 Å². The summed E-state index contributed by atoms with van der Waals surface area (Å²) in [6.45, 7) is 5.63. The van der Waals surface area contributed by atoms with Gasteiger partial charge in [0.05, 0.1) is 4.90 Å². The SMILES string of the molecule is C[C@H](OC(=O)CNS(=O)(=O)c1ccc(F)cc1)C(=O)NC(=O)NC(C)(C)C. The largest absolute Gasteiger partial charge is 0.452 e. The second-order valence-electron chi connectivity index (χ2n) is 6.60. The van der Waals surface area contributed by atoms with Crippen LogP contribution in [-0.4, -0.2) is 44.5 Å². The molecule has 0 saturated heterocycles. The molecule has 1 rings (SSSR count). The summed E-state index contributed by atoms with van der Waals surface area (Å²) >= 11 is 0. The first-order chi connectivity index (χ1) is 12.3. The number of ether oxygens (including phenoxy) is 1. The molecule has 0 radical (unpaired) electrons. The van der Waals surface area contributed by atoms with Crippen molar-refractivity contribution in [2.45, 2.75) is 44.2 Å². The third kappa shape index (κ3) is 8.13. The zero-order valence-electron chi connectivity index (χ0n) is 15.3. The van der Waals surface area contributed by atoms with Crippen molar-refractivity contribution in [3.8, 4) is 0 Å². The van der Waals surface area contributed by atoms with Crippen molar-refractivity contribution in [3.05, 3.63) is 30.1 Å². The zero-order valence-corrected chi connectivity index (χ0v) is 16.1. The lowest BCUT2D eigenvalue weighted by Crippen LogP contribution is -2.50. The molecule has 0 unspecified atom stereocenters. The number of carbonyl (C=O) groups is 3. The predicted octanol–water partition coefficient (Wildman–Crippen LogP) is 0.660. The fraction of sp³-hybridized carbons (Fsp3) is 0.438. The van der Waals surface area contributed by atoms with E-state index in [1.54, 1.807) is 20.8 Å². The molecule has 27 heavy (non-hydrogen) atoms. The van der Waals surface area contributed by atoms with Crippen molar-refractivity contribution < 1.29 is 31.9 Å². The molecule has 9 nitrogen and oxygen atoms in total. The van der Waals surface area contributed by atoms with Gasteiger partial charge in [0.15, 0.2) is 6.10 Å². The van der Waals surface area contributed by atoms with Crippen LogP contribution in [-0.2, 0) is 24.3 Å². The van der Waals surface area contributed by atoms with Gasteiger partial charge in [0.2, 0.25) is 10.0 Å². The molecule has 0 aliphatic carbocycles. The minimum absolute atomic E-state index is 0.235. The van der Waals surface area contributed by atoms with Crippen molar-refractivity contribution in [1.82, 2.24) is 15.4 Å². The van der Waals surface area contributed by atoms with Crippen molar-refractivity contribution in [3.63, 3.8) is 0 Å². The molecule has 0 aliphatic heterocycles. The number of benzene rings is 1. The lowest BCUT2D eigenvalue weighted by Gasteiger charge is -2.21. The number of rotatable bonds is 6. The number of urea groups is 1. The molecule has 0 saturated carbocycles. The van der Waals surface area contributed by atoms with E-state index in [0.29, 0.717) is 0 Å². The van der Waals surface area contributed by atoms with Crippen LogP contribution in [0.4, 0.5) is 9.18 Å². The van der Waals surface area contributed by atoms with Crippen molar-refractivity contribution in [2.24, 2.45) is 0 Å². The highest BCUT2D eigenvalue weighted by molar-refractivity contribution is 7.89. The van der Waals surface area contributed by atoms with Gasteiger partial charge < -0.3 is 10.1 Å². The Kier molecular flexibility index (Phi) is 7.43. The number of hydrogen-bond donors (Lipinski definition) is 3. The topological polar surface area (TPSA) is 131 Å². The maximum atomic E-state index is 12.8. The Hall–Kier alpha value is -2.53. The number of halogens is 1. The monoisotopic (exact) mass is 403 g/mol. The van der Waals surface area contributed by atoms with E-state index in [1.165, 1.54) is 6.92 Å². The lowest BCUT2D eigenvalue weighted by atomic mass is 10.1. The Morgan fingerprint density at radius 3 is 2.22 bits per heavy atom. The number of amides is 3. The average Bonchev–Trinajstić information content (AvgIpc) is 2.51. The highest BCUT2D eigenvalue weighted by Gasteiger charge is 2.23. The summed E-state index contributed by atoms with van der Waals surface area (Å²) in [5.74, 6) is -2.50. The van der Waals surface area contributed by atoms with Crippen LogP contribution in [0.25, 0.3) is 0 Å². The number of carbonyl (C=O) groups excluding carboxylic acids is 3. The fourth-order valence-corrected chi connectivity index (χ4v) is 2.70. The Bertz CT molecular complexity index is 802. The van der Waals surface area contributed by atoms with Crippen LogP contribution in [0.5, 0.6) is 0 Å². The molecule has 3 N–H and O–H groups in total. The van der Waals surface area contributed by atoms with Gasteiger partial charge in [-0.05, 0) is 52.0 Å². The molecule has 0 aliphatic rings. The molecule has 0 spiro atoms. The van der Waals surface area contributed by atoms with Gasteiger partial charge in [0.25, 0.3) is 5.91 Å². The van der Waals surface area contributed by atoms with Gasteiger partial charge in [-0.2, -0.15) is 4.72 Å². The van der Waals surface area contributed by atoms with E-state index in [-0.39, 0.29) is 4.90 Å². The highest BCUT2D eigenvalue weighted by Crippen LogP contribution is 2.09. The van der Waals surface area contributed by atoms with Crippen LogP contribution >= 0.6 is 0 Å². The third-order valence-electron chi connectivity index (χ3n) is 2.93. The van der Waals surface area contributed by atoms with Gasteiger partial charge >= 0.3 is 12.0 Å². The van der Waals surface area contributed by atoms with Crippen LogP contribution in [0.15, 0.2) is 29.2 Å². The maximum absolute atomic E-state index is 12.8. The van der Waals surface area contributed by atoms with Crippen molar-refractivity contribution in [1.29, 1.82) is 0 Å². The first-order valence-electron chi connectivity index (χ1n) is 7.88. The first-order valence-corrected chi connectivity index (χ1v) is 9.36. The van der Waals surface area contributed by atoms with Gasteiger partial charge in [-0.1, -0.05) is 0 Å². The van der Waals surface area contributed by atoms with E-state index in [2.05, 4.69) is 5.32 Å². The van der Waals surface area contributed by atoms with Crippen molar-refractivity contribution >= 4 is 27.9 Å². The summed E-state index contributed by atoms with van der Waals surface area (Å²) in [5.41, 5.74) is -0.567. The highest BCUT2D eigenvalue weighted by atomic mass is 32.2. The van der Waals surface area contributed by atoms with E-state index in [0.717, 1.165) is 24.3 Å².